The molecule has 0 saturated heterocycles. The summed E-state index contributed by atoms with van der Waals surface area (Å²) < 4.78 is 15.4. The topological polar surface area (TPSA) is 74.0 Å². The summed E-state index contributed by atoms with van der Waals surface area (Å²) in [4.78, 5) is 13.9. The molecule has 2 N–H and O–H groups in total. The van der Waals surface area contributed by atoms with Crippen molar-refractivity contribution in [3.8, 4) is 0 Å². The van der Waals surface area contributed by atoms with Gasteiger partial charge in [-0.15, -0.1) is 0 Å². The van der Waals surface area contributed by atoms with Crippen LogP contribution in [0.1, 0.15) is 16.8 Å². The van der Waals surface area contributed by atoms with Crippen LogP contribution < -0.4 is 10.6 Å². The second-order valence-corrected chi connectivity index (χ2v) is 4.77. The zero-order valence-corrected chi connectivity index (χ0v) is 12.9. The number of nitrogens with two attached hydrogens (primary N) is 1. The monoisotopic (exact) mass is 296 g/mol. The Morgan fingerprint density at radius 1 is 1.19 bits per heavy atom. The number of methoxy groups -OCH3 is 1. The molecule has 0 radical (unpaired) electrons. The van der Waals surface area contributed by atoms with E-state index in [-0.39, 0.29) is 6.61 Å². The third-order valence-corrected chi connectivity index (χ3v) is 2.82. The van der Waals surface area contributed by atoms with E-state index in [1.54, 1.807) is 25.3 Å². The quantitative estimate of drug-likeness (QED) is 0.423. The molecule has 118 valence electrons. The van der Waals surface area contributed by atoms with Gasteiger partial charge in [0.15, 0.2) is 0 Å². The summed E-state index contributed by atoms with van der Waals surface area (Å²) in [5, 5.41) is 0. The molecular formula is C15H24N2O4. The zero-order chi connectivity index (χ0) is 15.7. The lowest BCUT2D eigenvalue weighted by Gasteiger charge is -2.17. The van der Waals surface area contributed by atoms with Gasteiger partial charge in [-0.3, -0.25) is 0 Å². The molecule has 0 spiro atoms. The Bertz CT molecular complexity index is 449. The predicted molar refractivity (Wildman–Crippen MR) is 82.8 cm³/mol. The first-order chi connectivity index (χ1) is 10.1. The Kier molecular flexibility index (Phi) is 7.56. The number of ether oxygens (including phenoxy) is 3. The molecule has 0 saturated carbocycles. The number of carbonyl (C=O) groups is 1. The van der Waals surface area contributed by atoms with Crippen LogP contribution in [0.2, 0.25) is 0 Å². The van der Waals surface area contributed by atoms with Crippen molar-refractivity contribution in [2.24, 2.45) is 0 Å². The van der Waals surface area contributed by atoms with Gasteiger partial charge in [0.2, 0.25) is 0 Å². The molecule has 0 aromatic heterocycles. The fraction of sp³-hybridized carbons (Fsp3) is 0.533. The van der Waals surface area contributed by atoms with E-state index in [2.05, 4.69) is 0 Å². The van der Waals surface area contributed by atoms with Crippen LogP contribution in [-0.2, 0) is 14.2 Å². The minimum atomic E-state index is -0.397. The van der Waals surface area contributed by atoms with Crippen molar-refractivity contribution < 1.29 is 19.0 Å². The summed E-state index contributed by atoms with van der Waals surface area (Å²) in [5.74, 6) is -0.397. The van der Waals surface area contributed by atoms with Gasteiger partial charge in [-0.05, 0) is 24.6 Å². The Balaban J connectivity index is 2.43. The molecule has 6 nitrogen and oxygen atoms in total. The standard InChI is InChI=1S/C15H24N2O4/c1-17(2)14-6-5-12(16)11-13(14)15(18)21-10-9-20-8-4-7-19-3/h5-6,11H,4,7-10,16H2,1-3H3. The predicted octanol–water partition coefficient (Wildman–Crippen LogP) is 1.54. The summed E-state index contributed by atoms with van der Waals surface area (Å²) in [5.41, 5.74) is 7.49. The summed E-state index contributed by atoms with van der Waals surface area (Å²) in [7, 11) is 5.37. The largest absolute Gasteiger partial charge is 0.460 e. The summed E-state index contributed by atoms with van der Waals surface area (Å²) >= 11 is 0. The number of nitrogens with zero attached hydrogens (tertiary/aromatic N) is 1. The molecule has 1 aromatic rings. The third kappa shape index (κ3) is 6.01. The minimum Gasteiger partial charge on any atom is -0.460 e. The van der Waals surface area contributed by atoms with Crippen LogP contribution in [0.3, 0.4) is 0 Å². The average Bonchev–Trinajstić information content (AvgIpc) is 2.45. The Hall–Kier alpha value is -1.79. The molecule has 0 bridgehead atoms. The summed E-state index contributed by atoms with van der Waals surface area (Å²) in [6.07, 6.45) is 0.824. The van der Waals surface area contributed by atoms with E-state index >= 15 is 0 Å². The molecule has 0 amide bonds. The van der Waals surface area contributed by atoms with Gasteiger partial charge in [0.25, 0.3) is 0 Å². The highest BCUT2D eigenvalue weighted by molar-refractivity contribution is 5.96. The molecule has 0 fully saturated rings. The number of rotatable bonds is 9. The SMILES string of the molecule is COCCCOCCOC(=O)c1cc(N)ccc1N(C)C. The lowest BCUT2D eigenvalue weighted by atomic mass is 10.1. The van der Waals surface area contributed by atoms with Crippen LogP contribution >= 0.6 is 0 Å². The van der Waals surface area contributed by atoms with Crippen molar-refractivity contribution in [3.05, 3.63) is 23.8 Å². The molecule has 0 unspecified atom stereocenters. The van der Waals surface area contributed by atoms with E-state index in [0.29, 0.717) is 31.1 Å². The van der Waals surface area contributed by atoms with E-state index in [4.69, 9.17) is 19.9 Å². The fourth-order valence-corrected chi connectivity index (χ4v) is 1.79. The number of hydrogen-bond acceptors (Lipinski definition) is 6. The molecular weight excluding hydrogens is 272 g/mol. The second kappa shape index (κ2) is 9.20. The van der Waals surface area contributed by atoms with Gasteiger partial charge in [0.1, 0.15) is 6.61 Å². The number of hydrogen-bond donors (Lipinski definition) is 1. The van der Waals surface area contributed by atoms with Crippen molar-refractivity contribution in [2.75, 3.05) is 58.3 Å². The Morgan fingerprint density at radius 2 is 1.95 bits per heavy atom. The highest BCUT2D eigenvalue weighted by Gasteiger charge is 2.14. The van der Waals surface area contributed by atoms with Gasteiger partial charge >= 0.3 is 5.97 Å². The number of carbonyl (C=O) groups excluding carboxylic acids is 1. The number of esters is 1. The maximum Gasteiger partial charge on any atom is 0.340 e. The highest BCUT2D eigenvalue weighted by atomic mass is 16.6. The highest BCUT2D eigenvalue weighted by Crippen LogP contribution is 2.22. The average molecular weight is 296 g/mol. The molecule has 0 aliphatic rings. The second-order valence-electron chi connectivity index (χ2n) is 4.77. The number of anilines is 2. The molecule has 0 aliphatic carbocycles. The molecule has 6 heteroatoms. The maximum absolute atomic E-state index is 12.1. The first kappa shape index (κ1) is 17.3. The smallest absolute Gasteiger partial charge is 0.340 e. The third-order valence-electron chi connectivity index (χ3n) is 2.82. The van der Waals surface area contributed by atoms with Gasteiger partial charge in [0.05, 0.1) is 17.9 Å². The van der Waals surface area contributed by atoms with Crippen LogP contribution in [0.5, 0.6) is 0 Å². The van der Waals surface area contributed by atoms with E-state index in [1.165, 1.54) is 0 Å². The van der Waals surface area contributed by atoms with Crippen LogP contribution in [0, 0.1) is 0 Å². The zero-order valence-electron chi connectivity index (χ0n) is 12.9. The maximum atomic E-state index is 12.1. The van der Waals surface area contributed by atoms with Crippen molar-refractivity contribution in [1.29, 1.82) is 0 Å². The lowest BCUT2D eigenvalue weighted by Crippen LogP contribution is -2.17. The molecule has 0 aliphatic heterocycles. The van der Waals surface area contributed by atoms with Crippen molar-refractivity contribution >= 4 is 17.3 Å². The normalized spacial score (nSPS) is 10.4. The number of benzene rings is 1. The van der Waals surface area contributed by atoms with Crippen molar-refractivity contribution in [3.63, 3.8) is 0 Å². The van der Waals surface area contributed by atoms with E-state index in [0.717, 1.165) is 12.1 Å². The molecule has 0 heterocycles. The van der Waals surface area contributed by atoms with E-state index in [9.17, 15) is 4.79 Å². The van der Waals surface area contributed by atoms with Crippen LogP contribution in [0.4, 0.5) is 11.4 Å². The van der Waals surface area contributed by atoms with Gasteiger partial charge in [-0.1, -0.05) is 0 Å². The molecule has 0 atom stereocenters. The lowest BCUT2D eigenvalue weighted by molar-refractivity contribution is 0.0289. The van der Waals surface area contributed by atoms with Gasteiger partial charge < -0.3 is 24.8 Å². The Labute approximate surface area is 125 Å². The summed E-state index contributed by atoms with van der Waals surface area (Å²) in [6, 6.07) is 5.18. The van der Waals surface area contributed by atoms with Gasteiger partial charge in [-0.2, -0.15) is 0 Å². The van der Waals surface area contributed by atoms with E-state index in [1.807, 2.05) is 19.0 Å². The van der Waals surface area contributed by atoms with Crippen molar-refractivity contribution in [2.45, 2.75) is 6.42 Å². The first-order valence-corrected chi connectivity index (χ1v) is 6.87. The fourth-order valence-electron chi connectivity index (χ4n) is 1.79. The van der Waals surface area contributed by atoms with Crippen LogP contribution in [0.15, 0.2) is 18.2 Å². The molecule has 1 aromatic carbocycles. The molecule has 21 heavy (non-hydrogen) atoms. The van der Waals surface area contributed by atoms with Crippen LogP contribution in [-0.4, -0.2) is 53.6 Å². The Morgan fingerprint density at radius 3 is 2.62 bits per heavy atom. The van der Waals surface area contributed by atoms with Crippen molar-refractivity contribution in [1.82, 2.24) is 0 Å². The minimum absolute atomic E-state index is 0.216. The van der Waals surface area contributed by atoms with Crippen LogP contribution in [0.25, 0.3) is 0 Å². The first-order valence-electron chi connectivity index (χ1n) is 6.87. The van der Waals surface area contributed by atoms with Gasteiger partial charge in [0, 0.05) is 40.1 Å². The number of nitrogen functional groups attached to an aromatic ring is 1. The molecule has 1 rings (SSSR count). The van der Waals surface area contributed by atoms with E-state index < -0.39 is 5.97 Å². The van der Waals surface area contributed by atoms with Gasteiger partial charge in [-0.25, -0.2) is 4.79 Å². The summed E-state index contributed by atoms with van der Waals surface area (Å²) in [6.45, 7) is 1.84.